The van der Waals surface area contributed by atoms with Gasteiger partial charge >= 0.3 is 0 Å². The molecule has 0 fully saturated rings. The Morgan fingerprint density at radius 1 is 1.06 bits per heavy atom. The third-order valence-corrected chi connectivity index (χ3v) is 3.45. The van der Waals surface area contributed by atoms with Gasteiger partial charge in [-0.2, -0.15) is 0 Å². The average Bonchev–Trinajstić information content (AvgIpc) is 2.47. The van der Waals surface area contributed by atoms with Crippen molar-refractivity contribution in [1.82, 2.24) is 0 Å². The largest absolute Gasteiger partial charge is 0.497 e. The van der Waals surface area contributed by atoms with Gasteiger partial charge in [-0.25, -0.2) is 0 Å². The normalized spacial score (nSPS) is 13.6. The second-order valence-electron chi connectivity index (χ2n) is 4.63. The van der Waals surface area contributed by atoms with E-state index in [9.17, 15) is 0 Å². The van der Waals surface area contributed by atoms with Gasteiger partial charge in [0.25, 0.3) is 0 Å². The number of rotatable bonds is 2. The molecule has 1 N–H and O–H groups in total. The molecule has 1 aliphatic heterocycles. The summed E-state index contributed by atoms with van der Waals surface area (Å²) in [6.45, 7) is 1.09. The van der Waals surface area contributed by atoms with E-state index in [4.69, 9.17) is 4.74 Å². The van der Waals surface area contributed by atoms with E-state index in [1.807, 2.05) is 12.1 Å². The van der Waals surface area contributed by atoms with Crippen molar-refractivity contribution in [3.8, 4) is 16.9 Å². The summed E-state index contributed by atoms with van der Waals surface area (Å²) in [4.78, 5) is 0. The van der Waals surface area contributed by atoms with Crippen LogP contribution in [-0.4, -0.2) is 13.7 Å². The highest BCUT2D eigenvalue weighted by molar-refractivity contribution is 5.70. The fourth-order valence-corrected chi connectivity index (χ4v) is 2.46. The van der Waals surface area contributed by atoms with Crippen LogP contribution < -0.4 is 10.1 Å². The van der Waals surface area contributed by atoms with Gasteiger partial charge in [0.1, 0.15) is 5.75 Å². The minimum Gasteiger partial charge on any atom is -0.497 e. The maximum atomic E-state index is 5.28. The lowest BCUT2D eigenvalue weighted by molar-refractivity contribution is 0.415. The van der Waals surface area contributed by atoms with Gasteiger partial charge < -0.3 is 10.1 Å². The van der Waals surface area contributed by atoms with Gasteiger partial charge in [-0.05, 0) is 53.8 Å². The number of methoxy groups -OCH3 is 1. The van der Waals surface area contributed by atoms with E-state index in [1.165, 1.54) is 35.2 Å². The van der Waals surface area contributed by atoms with Gasteiger partial charge in [-0.3, -0.25) is 0 Å². The Kier molecular flexibility index (Phi) is 2.93. The molecule has 2 nitrogen and oxygen atoms in total. The van der Waals surface area contributed by atoms with E-state index in [0.29, 0.717) is 0 Å². The Morgan fingerprint density at radius 3 is 2.83 bits per heavy atom. The molecule has 0 saturated carbocycles. The van der Waals surface area contributed by atoms with Crippen molar-refractivity contribution in [3.05, 3.63) is 48.0 Å². The van der Waals surface area contributed by atoms with Crippen LogP contribution in [0.1, 0.15) is 12.0 Å². The van der Waals surface area contributed by atoms with Gasteiger partial charge in [0.05, 0.1) is 7.11 Å². The molecule has 1 heterocycles. The Bertz CT molecular complexity index is 563. The minimum absolute atomic E-state index is 0.906. The van der Waals surface area contributed by atoms with Gasteiger partial charge in [0.15, 0.2) is 0 Å². The first kappa shape index (κ1) is 11.1. The average molecular weight is 239 g/mol. The molecule has 0 saturated heterocycles. The lowest BCUT2D eigenvalue weighted by Gasteiger charge is -2.18. The van der Waals surface area contributed by atoms with Crippen LogP contribution in [0.25, 0.3) is 11.1 Å². The molecule has 0 amide bonds. The highest BCUT2D eigenvalue weighted by atomic mass is 16.5. The molecule has 0 aromatic heterocycles. The molecule has 0 spiro atoms. The quantitative estimate of drug-likeness (QED) is 0.862. The zero-order valence-electron chi connectivity index (χ0n) is 10.6. The van der Waals surface area contributed by atoms with E-state index >= 15 is 0 Å². The van der Waals surface area contributed by atoms with Crippen LogP contribution in [0, 0.1) is 0 Å². The molecule has 2 aromatic rings. The van der Waals surface area contributed by atoms with Crippen LogP contribution in [0.2, 0.25) is 0 Å². The van der Waals surface area contributed by atoms with Crippen molar-refractivity contribution in [3.63, 3.8) is 0 Å². The van der Waals surface area contributed by atoms with Crippen LogP contribution in [0.3, 0.4) is 0 Å². The number of fused-ring (bicyclic) bond motifs is 1. The lowest BCUT2D eigenvalue weighted by Crippen LogP contribution is -2.11. The van der Waals surface area contributed by atoms with E-state index in [1.54, 1.807) is 7.11 Å². The number of nitrogens with one attached hydrogen (secondary N) is 1. The predicted molar refractivity (Wildman–Crippen MR) is 75.2 cm³/mol. The molecule has 2 aromatic carbocycles. The Labute approximate surface area is 108 Å². The number of hydrogen-bond acceptors (Lipinski definition) is 2. The number of hydrogen-bond donors (Lipinski definition) is 1. The molecular formula is C16H17NO. The van der Waals surface area contributed by atoms with Crippen molar-refractivity contribution in [2.24, 2.45) is 0 Å². The maximum Gasteiger partial charge on any atom is 0.119 e. The van der Waals surface area contributed by atoms with Gasteiger partial charge in [0.2, 0.25) is 0 Å². The van der Waals surface area contributed by atoms with Crippen LogP contribution in [0.5, 0.6) is 5.75 Å². The fourth-order valence-electron chi connectivity index (χ4n) is 2.46. The number of aryl methyl sites for hydroxylation is 1. The zero-order valence-corrected chi connectivity index (χ0v) is 10.6. The van der Waals surface area contributed by atoms with Crippen molar-refractivity contribution in [1.29, 1.82) is 0 Å². The highest BCUT2D eigenvalue weighted by Crippen LogP contribution is 2.29. The molecule has 18 heavy (non-hydrogen) atoms. The summed E-state index contributed by atoms with van der Waals surface area (Å²) in [6, 6.07) is 14.9. The van der Waals surface area contributed by atoms with Crippen LogP contribution in [-0.2, 0) is 6.42 Å². The summed E-state index contributed by atoms with van der Waals surface area (Å²) in [7, 11) is 1.70. The highest BCUT2D eigenvalue weighted by Gasteiger charge is 2.09. The van der Waals surface area contributed by atoms with Crippen molar-refractivity contribution >= 4 is 5.69 Å². The summed E-state index contributed by atoms with van der Waals surface area (Å²) in [5.41, 5.74) is 5.17. The monoisotopic (exact) mass is 239 g/mol. The van der Waals surface area contributed by atoms with Crippen LogP contribution in [0.15, 0.2) is 42.5 Å². The summed E-state index contributed by atoms with van der Waals surface area (Å²) < 4.78 is 5.28. The molecule has 0 radical (unpaired) electrons. The molecule has 1 aliphatic rings. The fraction of sp³-hybridized carbons (Fsp3) is 0.250. The molecule has 2 heteroatoms. The first-order chi connectivity index (χ1) is 8.86. The van der Waals surface area contributed by atoms with E-state index in [2.05, 4.69) is 35.6 Å². The van der Waals surface area contributed by atoms with E-state index in [-0.39, 0.29) is 0 Å². The molecular weight excluding hydrogens is 222 g/mol. The first-order valence-electron chi connectivity index (χ1n) is 6.38. The molecule has 0 unspecified atom stereocenters. The summed E-state index contributed by atoms with van der Waals surface area (Å²) in [6.07, 6.45) is 2.38. The lowest BCUT2D eigenvalue weighted by atomic mass is 9.97. The number of benzene rings is 2. The van der Waals surface area contributed by atoms with Crippen molar-refractivity contribution in [2.75, 3.05) is 19.0 Å². The number of ether oxygens (including phenoxy) is 1. The molecule has 0 aliphatic carbocycles. The summed E-state index contributed by atoms with van der Waals surface area (Å²) in [5, 5.41) is 3.44. The Balaban J connectivity index is 2.00. The summed E-state index contributed by atoms with van der Waals surface area (Å²) in [5.74, 6) is 0.906. The molecule has 3 rings (SSSR count). The second kappa shape index (κ2) is 4.73. The van der Waals surface area contributed by atoms with Gasteiger partial charge in [-0.15, -0.1) is 0 Å². The number of anilines is 1. The zero-order chi connectivity index (χ0) is 12.4. The topological polar surface area (TPSA) is 21.3 Å². The second-order valence-corrected chi connectivity index (χ2v) is 4.63. The van der Waals surface area contributed by atoms with Crippen LogP contribution in [0.4, 0.5) is 5.69 Å². The predicted octanol–water partition coefficient (Wildman–Crippen LogP) is 3.72. The van der Waals surface area contributed by atoms with Crippen LogP contribution >= 0.6 is 0 Å². The first-order valence-corrected chi connectivity index (χ1v) is 6.38. The molecule has 92 valence electrons. The van der Waals surface area contributed by atoms with Crippen molar-refractivity contribution < 1.29 is 4.74 Å². The molecule has 0 atom stereocenters. The van der Waals surface area contributed by atoms with Crippen molar-refractivity contribution in [2.45, 2.75) is 12.8 Å². The third kappa shape index (κ3) is 2.06. The SMILES string of the molecule is COc1cccc(-c2ccc3c(c2)CCCN3)c1. The third-order valence-electron chi connectivity index (χ3n) is 3.45. The Morgan fingerprint density at radius 2 is 1.94 bits per heavy atom. The molecule has 0 bridgehead atoms. The Hall–Kier alpha value is -1.96. The van der Waals surface area contributed by atoms with E-state index < -0.39 is 0 Å². The summed E-state index contributed by atoms with van der Waals surface area (Å²) >= 11 is 0. The minimum atomic E-state index is 0.906. The smallest absolute Gasteiger partial charge is 0.119 e. The maximum absolute atomic E-state index is 5.28. The van der Waals surface area contributed by atoms with Gasteiger partial charge in [-0.1, -0.05) is 18.2 Å². The van der Waals surface area contributed by atoms with E-state index in [0.717, 1.165) is 12.3 Å². The standard InChI is InChI=1S/C16H17NO/c1-18-15-6-2-4-12(11-15)13-7-8-16-14(10-13)5-3-9-17-16/h2,4,6-8,10-11,17H,3,5,9H2,1H3. The van der Waals surface area contributed by atoms with Gasteiger partial charge in [0, 0.05) is 12.2 Å².